The zero-order valence-corrected chi connectivity index (χ0v) is 12.7. The molecule has 0 bridgehead atoms. The Balaban J connectivity index is 2.07. The van der Waals surface area contributed by atoms with Crippen LogP contribution in [0.5, 0.6) is 0 Å². The molecule has 1 heterocycles. The van der Waals surface area contributed by atoms with Gasteiger partial charge in [0.15, 0.2) is 0 Å². The van der Waals surface area contributed by atoms with Gasteiger partial charge in [-0.1, -0.05) is 37.3 Å². The number of piperidine rings is 1. The van der Waals surface area contributed by atoms with Crippen molar-refractivity contribution in [3.63, 3.8) is 0 Å². The molecular weight excluding hydrogens is 268 g/mol. The van der Waals surface area contributed by atoms with Crippen LogP contribution in [-0.4, -0.2) is 48.4 Å². The van der Waals surface area contributed by atoms with E-state index in [1.165, 1.54) is 12.7 Å². The first-order valence-electron chi connectivity index (χ1n) is 7.47. The number of aliphatic hydroxyl groups excluding tert-OH is 1. The van der Waals surface area contributed by atoms with Crippen LogP contribution in [-0.2, 0) is 4.74 Å². The smallest absolute Gasteiger partial charge is 0.407 e. The second kappa shape index (κ2) is 7.43. The molecule has 0 saturated carbocycles. The van der Waals surface area contributed by atoms with Crippen LogP contribution < -0.4 is 5.32 Å². The second-order valence-corrected chi connectivity index (χ2v) is 5.43. The number of methoxy groups -OCH3 is 1. The number of hydrogen-bond donors (Lipinski definition) is 2. The Morgan fingerprint density at radius 3 is 2.81 bits per heavy atom. The van der Waals surface area contributed by atoms with Gasteiger partial charge in [-0.25, -0.2) is 4.79 Å². The van der Waals surface area contributed by atoms with Gasteiger partial charge < -0.3 is 15.2 Å². The third-order valence-electron chi connectivity index (χ3n) is 4.11. The Morgan fingerprint density at radius 2 is 2.19 bits per heavy atom. The van der Waals surface area contributed by atoms with E-state index in [0.717, 1.165) is 13.0 Å². The lowest BCUT2D eigenvalue weighted by atomic mass is 9.96. The maximum Gasteiger partial charge on any atom is 0.407 e. The molecule has 0 aromatic heterocycles. The number of carbonyl (C=O) groups excluding carboxylic acids is 1. The van der Waals surface area contributed by atoms with Crippen molar-refractivity contribution in [2.75, 3.05) is 20.2 Å². The van der Waals surface area contributed by atoms with Crippen LogP contribution in [0.4, 0.5) is 4.79 Å². The highest BCUT2D eigenvalue weighted by Gasteiger charge is 2.32. The van der Waals surface area contributed by atoms with Gasteiger partial charge in [0.25, 0.3) is 0 Å². The minimum absolute atomic E-state index is 0.288. The Morgan fingerprint density at radius 1 is 1.48 bits per heavy atom. The number of amides is 1. The molecule has 1 aliphatic heterocycles. The highest BCUT2D eigenvalue weighted by atomic mass is 16.5. The average Bonchev–Trinajstić information content (AvgIpc) is 2.52. The Kier molecular flexibility index (Phi) is 5.59. The topological polar surface area (TPSA) is 61.8 Å². The van der Waals surface area contributed by atoms with Crippen molar-refractivity contribution in [2.45, 2.75) is 38.0 Å². The number of carbonyl (C=O) groups is 1. The van der Waals surface area contributed by atoms with E-state index in [-0.39, 0.29) is 6.04 Å². The number of likely N-dealkylation sites (tertiary alicyclic amines) is 1. The summed E-state index contributed by atoms with van der Waals surface area (Å²) in [5, 5.41) is 12.8. The first kappa shape index (κ1) is 15.8. The van der Waals surface area contributed by atoms with Gasteiger partial charge in [-0.15, -0.1) is 0 Å². The van der Waals surface area contributed by atoms with Crippen molar-refractivity contribution in [2.24, 2.45) is 0 Å². The fourth-order valence-electron chi connectivity index (χ4n) is 2.98. The average molecular weight is 292 g/mol. The van der Waals surface area contributed by atoms with E-state index in [2.05, 4.69) is 34.0 Å². The van der Waals surface area contributed by atoms with Crippen molar-refractivity contribution in [3.05, 3.63) is 35.9 Å². The number of rotatable bonds is 4. The molecule has 2 N–H and O–H groups in total. The molecule has 5 heteroatoms. The normalized spacial score (nSPS) is 24.3. The predicted molar refractivity (Wildman–Crippen MR) is 81.0 cm³/mol. The number of nitrogens with one attached hydrogen (secondary N) is 1. The molecule has 1 aliphatic rings. The van der Waals surface area contributed by atoms with E-state index >= 15 is 0 Å². The minimum Gasteiger partial charge on any atom is -0.453 e. The van der Waals surface area contributed by atoms with Gasteiger partial charge in [0, 0.05) is 19.1 Å². The van der Waals surface area contributed by atoms with E-state index in [4.69, 9.17) is 0 Å². The van der Waals surface area contributed by atoms with E-state index < -0.39 is 12.2 Å². The Labute approximate surface area is 125 Å². The summed E-state index contributed by atoms with van der Waals surface area (Å²) in [6.07, 6.45) is 0.630. The standard InChI is InChI=1S/C16H24N2O3/c1-3-14(12-7-5-4-6-8-12)18-10-9-15(19)13(11-18)17-16(20)21-2/h4-8,13-15,19H,3,9-11H2,1-2H3,(H,17,20)/t13-,14?,15-/m1/s1. The third-order valence-corrected chi connectivity index (χ3v) is 4.11. The van der Waals surface area contributed by atoms with Gasteiger partial charge >= 0.3 is 6.09 Å². The minimum atomic E-state index is -0.520. The second-order valence-electron chi connectivity index (χ2n) is 5.43. The number of aliphatic hydroxyl groups is 1. The molecule has 5 nitrogen and oxygen atoms in total. The summed E-state index contributed by atoms with van der Waals surface area (Å²) in [6, 6.07) is 10.4. The van der Waals surface area contributed by atoms with Gasteiger partial charge in [0.05, 0.1) is 19.3 Å². The van der Waals surface area contributed by atoms with Gasteiger partial charge in [-0.3, -0.25) is 4.90 Å². The fourth-order valence-corrected chi connectivity index (χ4v) is 2.98. The number of alkyl carbamates (subject to hydrolysis) is 1. The van der Waals surface area contributed by atoms with Crippen LogP contribution in [0.25, 0.3) is 0 Å². The number of hydrogen-bond acceptors (Lipinski definition) is 4. The van der Waals surface area contributed by atoms with Gasteiger partial charge in [-0.05, 0) is 18.4 Å². The van der Waals surface area contributed by atoms with Crippen molar-refractivity contribution in [1.29, 1.82) is 0 Å². The summed E-state index contributed by atoms with van der Waals surface area (Å²) in [6.45, 7) is 3.61. The van der Waals surface area contributed by atoms with Gasteiger partial charge in [0.1, 0.15) is 0 Å². The lowest BCUT2D eigenvalue weighted by molar-refractivity contribution is 0.0273. The fraction of sp³-hybridized carbons (Fsp3) is 0.562. The molecule has 1 saturated heterocycles. The van der Waals surface area contributed by atoms with Crippen LogP contribution in [0.3, 0.4) is 0 Å². The van der Waals surface area contributed by atoms with E-state index in [1.807, 2.05) is 18.2 Å². The van der Waals surface area contributed by atoms with Crippen LogP contribution in [0, 0.1) is 0 Å². The number of nitrogens with zero attached hydrogens (tertiary/aromatic N) is 1. The molecule has 0 aliphatic carbocycles. The highest BCUT2D eigenvalue weighted by molar-refractivity contribution is 5.67. The SMILES string of the molecule is CCC(c1ccccc1)N1CC[C@@H](O)[C@H](NC(=O)OC)C1. The molecule has 3 atom stereocenters. The Bertz CT molecular complexity index is 452. The van der Waals surface area contributed by atoms with Crippen LogP contribution in [0.2, 0.25) is 0 Å². The zero-order chi connectivity index (χ0) is 15.2. The maximum absolute atomic E-state index is 11.4. The monoisotopic (exact) mass is 292 g/mol. The quantitative estimate of drug-likeness (QED) is 0.890. The van der Waals surface area contributed by atoms with Crippen molar-refractivity contribution in [3.8, 4) is 0 Å². The van der Waals surface area contributed by atoms with Crippen molar-refractivity contribution in [1.82, 2.24) is 10.2 Å². The summed E-state index contributed by atoms with van der Waals surface area (Å²) in [4.78, 5) is 13.7. The summed E-state index contributed by atoms with van der Waals surface area (Å²) in [7, 11) is 1.33. The molecule has 1 fully saturated rings. The van der Waals surface area contributed by atoms with Crippen LogP contribution >= 0.6 is 0 Å². The zero-order valence-electron chi connectivity index (χ0n) is 12.7. The molecule has 1 aromatic carbocycles. The van der Waals surface area contributed by atoms with Crippen molar-refractivity contribution < 1.29 is 14.6 Å². The van der Waals surface area contributed by atoms with E-state index in [9.17, 15) is 9.90 Å². The van der Waals surface area contributed by atoms with Gasteiger partial charge in [0.2, 0.25) is 0 Å². The largest absolute Gasteiger partial charge is 0.453 e. The summed E-state index contributed by atoms with van der Waals surface area (Å²) in [5.41, 5.74) is 1.27. The summed E-state index contributed by atoms with van der Waals surface area (Å²) in [5.74, 6) is 0. The molecule has 2 rings (SSSR count). The lowest BCUT2D eigenvalue weighted by Crippen LogP contribution is -2.55. The van der Waals surface area contributed by atoms with E-state index in [0.29, 0.717) is 19.0 Å². The number of ether oxygens (including phenoxy) is 1. The summed E-state index contributed by atoms with van der Waals surface area (Å²) >= 11 is 0. The molecule has 21 heavy (non-hydrogen) atoms. The highest BCUT2D eigenvalue weighted by Crippen LogP contribution is 2.27. The molecule has 0 radical (unpaired) electrons. The van der Waals surface area contributed by atoms with Crippen LogP contribution in [0.15, 0.2) is 30.3 Å². The summed E-state index contributed by atoms with van der Waals surface area (Å²) < 4.78 is 4.63. The molecule has 0 spiro atoms. The Hall–Kier alpha value is -1.59. The van der Waals surface area contributed by atoms with Gasteiger partial charge in [-0.2, -0.15) is 0 Å². The predicted octanol–water partition coefficient (Wildman–Crippen LogP) is 1.93. The maximum atomic E-state index is 11.4. The van der Waals surface area contributed by atoms with Crippen molar-refractivity contribution >= 4 is 6.09 Å². The first-order valence-corrected chi connectivity index (χ1v) is 7.47. The van der Waals surface area contributed by atoms with Crippen LogP contribution in [0.1, 0.15) is 31.4 Å². The molecule has 116 valence electrons. The molecule has 1 unspecified atom stereocenters. The third kappa shape index (κ3) is 3.95. The lowest BCUT2D eigenvalue weighted by Gasteiger charge is -2.40. The number of benzene rings is 1. The molecule has 1 amide bonds. The van der Waals surface area contributed by atoms with E-state index in [1.54, 1.807) is 0 Å². The molecule has 1 aromatic rings. The molecular formula is C16H24N2O3. The first-order chi connectivity index (χ1) is 10.2.